The Balaban J connectivity index is 0.771. The number of nitrogens with zero attached hydrogens (tertiary/aromatic N) is 4. The van der Waals surface area contributed by atoms with Gasteiger partial charge in [0.25, 0.3) is 11.8 Å². The minimum absolute atomic E-state index is 0.0265. The van der Waals surface area contributed by atoms with E-state index in [1.165, 1.54) is 0 Å². The Hall–Kier alpha value is -6.58. The van der Waals surface area contributed by atoms with Gasteiger partial charge < -0.3 is 65.2 Å². The number of aryl methyl sites for hydroxylation is 1. The molecular weight excluding hydrogens is 899 g/mol. The second-order valence-corrected chi connectivity index (χ2v) is 15.8. The lowest BCUT2D eigenvalue weighted by Crippen LogP contribution is -2.27. The second-order valence-electron chi connectivity index (χ2n) is 15.8. The molecular formula is C51H67N9O10. The molecule has 5 rings (SSSR count). The maximum absolute atomic E-state index is 13.1. The standard InChI is InChI=1S/C51H67N9O10/c1-38(53)41-8-7-9-42(37-41)50(64)57-51-56-44-10-3-4-11-46(44)60(51)23-6-2-5-21-54-48(62)19-24-65-26-28-67-30-32-69-34-35-70-33-31-68-29-27-66-25-22-55-49(63)40-13-15-43(16-14-40)58-59-45-36-39(18-20-52)12-17-47(45)61/h3-4,7-17,36-37,61H,1-2,5-6,18-35,52-53H2,(H,54,62)(H,55,63)(H,56,57,64)/b59-58+. The van der Waals surface area contributed by atoms with Crippen LogP contribution >= 0.6 is 0 Å². The lowest BCUT2D eigenvalue weighted by atomic mass is 10.1. The van der Waals surface area contributed by atoms with Gasteiger partial charge in [-0.25, -0.2) is 0 Å². The fourth-order valence-electron chi connectivity index (χ4n) is 6.80. The van der Waals surface area contributed by atoms with Crippen LogP contribution in [0.2, 0.25) is 0 Å². The highest BCUT2D eigenvalue weighted by Gasteiger charge is 2.11. The van der Waals surface area contributed by atoms with Crippen LogP contribution in [0.3, 0.4) is 0 Å². The first kappa shape index (κ1) is 54.4. The van der Waals surface area contributed by atoms with Gasteiger partial charge in [-0.2, -0.15) is 10.1 Å². The second kappa shape index (κ2) is 31.5. The number of azo groups is 1. The first-order valence-electron chi connectivity index (χ1n) is 23.6. The Morgan fingerprint density at radius 1 is 0.657 bits per heavy atom. The van der Waals surface area contributed by atoms with E-state index < -0.39 is 0 Å². The molecule has 1 aromatic heterocycles. The molecule has 3 amide bonds. The van der Waals surface area contributed by atoms with E-state index in [2.05, 4.69) is 37.4 Å². The van der Waals surface area contributed by atoms with Crippen molar-refractivity contribution in [1.82, 2.24) is 20.2 Å². The number of aromatic nitrogens is 2. The van der Waals surface area contributed by atoms with Gasteiger partial charge in [-0.1, -0.05) is 36.9 Å². The number of unbranched alkanes of at least 4 members (excludes halogenated alkanes) is 2. The molecule has 0 radical (unpaired) electrons. The number of nitrogens with two attached hydrogens (primary N) is 2. The highest BCUT2D eigenvalue weighted by atomic mass is 16.6. The van der Waals surface area contributed by atoms with E-state index in [-0.39, 0.29) is 29.9 Å². The summed E-state index contributed by atoms with van der Waals surface area (Å²) in [7, 11) is 0. The van der Waals surface area contributed by atoms with Crippen molar-refractivity contribution in [1.29, 1.82) is 0 Å². The van der Waals surface area contributed by atoms with Crippen molar-refractivity contribution >= 4 is 45.8 Å². The van der Waals surface area contributed by atoms with E-state index >= 15 is 0 Å². The van der Waals surface area contributed by atoms with Gasteiger partial charge >= 0.3 is 0 Å². The number of fused-ring (bicyclic) bond motifs is 1. The van der Waals surface area contributed by atoms with Crippen molar-refractivity contribution in [2.75, 3.05) is 98.9 Å². The van der Waals surface area contributed by atoms with E-state index in [1.54, 1.807) is 66.7 Å². The van der Waals surface area contributed by atoms with Gasteiger partial charge in [0.05, 0.1) is 96.0 Å². The third-order valence-electron chi connectivity index (χ3n) is 10.5. The van der Waals surface area contributed by atoms with Gasteiger partial charge in [0.15, 0.2) is 0 Å². The number of imidazole rings is 1. The number of aromatic amines is 1. The van der Waals surface area contributed by atoms with Crippen LogP contribution in [0.5, 0.6) is 5.75 Å². The van der Waals surface area contributed by atoms with Crippen LogP contribution in [0.25, 0.3) is 16.7 Å². The first-order chi connectivity index (χ1) is 34.2. The van der Waals surface area contributed by atoms with Crippen molar-refractivity contribution < 1.29 is 47.9 Å². The molecule has 0 atom stereocenters. The molecule has 0 saturated carbocycles. The van der Waals surface area contributed by atoms with Crippen LogP contribution in [-0.2, 0) is 46.2 Å². The summed E-state index contributed by atoms with van der Waals surface area (Å²) < 4.78 is 35.2. The average molecular weight is 966 g/mol. The number of phenolic OH excluding ortho intramolecular Hbond substituents is 1. The number of H-pyrrole nitrogens is 1. The monoisotopic (exact) mass is 966 g/mol. The normalized spacial score (nSPS) is 11.7. The molecule has 0 bridgehead atoms. The van der Waals surface area contributed by atoms with Gasteiger partial charge in [-0.15, -0.1) is 5.11 Å². The highest BCUT2D eigenvalue weighted by molar-refractivity contribution is 5.96. The molecule has 19 nitrogen and oxygen atoms in total. The van der Waals surface area contributed by atoms with Crippen LogP contribution in [-0.4, -0.2) is 131 Å². The van der Waals surface area contributed by atoms with E-state index in [9.17, 15) is 19.5 Å². The number of carbonyl (C=O) groups excluding carboxylic acids is 3. The lowest BCUT2D eigenvalue weighted by molar-refractivity contribution is -0.122. The summed E-state index contributed by atoms with van der Waals surface area (Å²) in [6.45, 7) is 10.6. The zero-order valence-corrected chi connectivity index (χ0v) is 39.8. The van der Waals surface area contributed by atoms with Crippen LogP contribution in [0.1, 0.15) is 57.5 Å². The third-order valence-corrected chi connectivity index (χ3v) is 10.5. The zero-order chi connectivity index (χ0) is 49.6. The Labute approximate surface area is 408 Å². The zero-order valence-electron chi connectivity index (χ0n) is 39.8. The fraction of sp³-hybridized carbons (Fsp3) is 0.412. The Bertz CT molecular complexity index is 2490. The predicted octanol–water partition coefficient (Wildman–Crippen LogP) is 5.47. The molecule has 0 aliphatic carbocycles. The lowest BCUT2D eigenvalue weighted by Gasteiger charge is -2.09. The summed E-state index contributed by atoms with van der Waals surface area (Å²) in [5.74, 6) is -0.644. The van der Waals surface area contributed by atoms with Gasteiger partial charge in [-0.3, -0.25) is 14.4 Å². The van der Waals surface area contributed by atoms with Crippen molar-refractivity contribution in [3.05, 3.63) is 125 Å². The van der Waals surface area contributed by atoms with Gasteiger partial charge in [-0.05, 0) is 104 Å². The van der Waals surface area contributed by atoms with E-state index in [0.29, 0.717) is 151 Å². The number of benzene rings is 4. The summed E-state index contributed by atoms with van der Waals surface area (Å²) in [4.78, 5) is 45.5. The predicted molar refractivity (Wildman–Crippen MR) is 266 cm³/mol. The smallest absolute Gasteiger partial charge is 0.280 e. The van der Waals surface area contributed by atoms with Crippen LogP contribution < -0.4 is 27.7 Å². The quantitative estimate of drug-likeness (QED) is 0.0222. The maximum atomic E-state index is 13.1. The summed E-state index contributed by atoms with van der Waals surface area (Å²) >= 11 is 0. The number of amides is 3. The average Bonchev–Trinajstić information content (AvgIpc) is 3.71. The minimum atomic E-state index is -0.375. The molecule has 4 aromatic carbocycles. The fourth-order valence-corrected chi connectivity index (χ4v) is 6.80. The topological polar surface area (TPSA) is 261 Å². The van der Waals surface area contributed by atoms with E-state index in [0.717, 1.165) is 35.9 Å². The van der Waals surface area contributed by atoms with Gasteiger partial charge in [0.1, 0.15) is 11.4 Å². The summed E-state index contributed by atoms with van der Waals surface area (Å²) in [6, 6.07) is 26.6. The van der Waals surface area contributed by atoms with E-state index in [1.807, 2.05) is 28.8 Å². The van der Waals surface area contributed by atoms with Crippen LogP contribution in [0.4, 0.5) is 11.4 Å². The molecule has 0 saturated heterocycles. The van der Waals surface area contributed by atoms with Crippen molar-refractivity contribution in [2.45, 2.75) is 38.6 Å². The van der Waals surface area contributed by atoms with Gasteiger partial charge in [0.2, 0.25) is 11.5 Å². The number of nitrogens with one attached hydrogen (secondary N) is 3. The molecule has 8 N–H and O–H groups in total. The number of carbonyl (C=O) groups is 3. The van der Waals surface area contributed by atoms with Crippen molar-refractivity contribution in [3.63, 3.8) is 0 Å². The van der Waals surface area contributed by atoms with Crippen molar-refractivity contribution in [3.8, 4) is 5.75 Å². The van der Waals surface area contributed by atoms with Crippen LogP contribution in [0.15, 0.2) is 113 Å². The molecule has 0 fully saturated rings. The molecule has 0 aliphatic rings. The number of aromatic hydroxyl groups is 1. The molecule has 19 heteroatoms. The molecule has 1 heterocycles. The van der Waals surface area contributed by atoms with Crippen molar-refractivity contribution in [2.24, 2.45) is 26.7 Å². The Kier molecular flexibility index (Phi) is 24.5. The largest absolute Gasteiger partial charge is 0.506 e. The maximum Gasteiger partial charge on any atom is 0.280 e. The number of para-hydroxylation sites is 2. The summed E-state index contributed by atoms with van der Waals surface area (Å²) in [5.41, 5.74) is 17.6. The molecule has 0 spiro atoms. The summed E-state index contributed by atoms with van der Waals surface area (Å²) in [5, 5.41) is 24.1. The van der Waals surface area contributed by atoms with E-state index in [4.69, 9.17) is 39.9 Å². The molecule has 376 valence electrons. The SMILES string of the molecule is C=C(N)c1cccc(C(=O)/N=c2\[nH]c3ccccc3n2CCCCCNC(=O)CCOCCOCCOCCOCCOCCOCCNC(=O)c2ccc(/N=N/c3cc(CCN)ccc3O)cc2)c1. The summed E-state index contributed by atoms with van der Waals surface area (Å²) in [6.07, 6.45) is 3.47. The molecule has 70 heavy (non-hydrogen) atoms. The molecule has 5 aromatic rings. The molecule has 0 aliphatic heterocycles. The van der Waals surface area contributed by atoms with Crippen LogP contribution in [0, 0.1) is 0 Å². The first-order valence-corrected chi connectivity index (χ1v) is 23.6. The number of rotatable bonds is 34. The Morgan fingerprint density at radius 2 is 1.30 bits per heavy atom. The third kappa shape index (κ3) is 19.8. The number of ether oxygens (including phenoxy) is 6. The highest BCUT2D eigenvalue weighted by Crippen LogP contribution is 2.29. The number of hydrogen-bond donors (Lipinski definition) is 6. The minimum Gasteiger partial charge on any atom is -0.506 e. The Morgan fingerprint density at radius 3 is 1.97 bits per heavy atom. The molecule has 0 unspecified atom stereocenters. The van der Waals surface area contributed by atoms with Gasteiger partial charge in [0, 0.05) is 42.9 Å². The number of phenols is 1. The number of hydrogen-bond acceptors (Lipinski definition) is 14.